The summed E-state index contributed by atoms with van der Waals surface area (Å²) in [6, 6.07) is -0.343. The molecule has 1 saturated heterocycles. The van der Waals surface area contributed by atoms with Gasteiger partial charge in [0.15, 0.2) is 0 Å². The molecular weight excluding hydrogens is 174 g/mol. The molecule has 1 unspecified atom stereocenters. The highest BCUT2D eigenvalue weighted by molar-refractivity contribution is 7.80. The van der Waals surface area contributed by atoms with Gasteiger partial charge in [-0.2, -0.15) is 0 Å². The molecule has 0 radical (unpaired) electrons. The molecule has 0 saturated carbocycles. The number of hydrogen-bond donors (Lipinski definition) is 1. The summed E-state index contributed by atoms with van der Waals surface area (Å²) in [7, 11) is 0. The molecule has 1 atom stereocenters. The Morgan fingerprint density at radius 1 is 1.75 bits per heavy atom. The van der Waals surface area contributed by atoms with Gasteiger partial charge in [0.2, 0.25) is 0 Å². The summed E-state index contributed by atoms with van der Waals surface area (Å²) in [5, 5.41) is 8.72. The maximum absolute atomic E-state index is 10.6. The minimum atomic E-state index is -0.750. The van der Waals surface area contributed by atoms with E-state index >= 15 is 0 Å². The van der Waals surface area contributed by atoms with Crippen molar-refractivity contribution >= 4 is 23.2 Å². The fraction of sp³-hybridized carbons (Fsp3) is 0.750. The van der Waals surface area contributed by atoms with E-state index in [9.17, 15) is 4.79 Å². The van der Waals surface area contributed by atoms with Crippen LogP contribution in [0.3, 0.4) is 0 Å². The highest BCUT2D eigenvalue weighted by atomic mass is 32.1. The van der Waals surface area contributed by atoms with Crippen molar-refractivity contribution in [1.82, 2.24) is 4.90 Å². The second-order valence-electron chi connectivity index (χ2n) is 2.98. The van der Waals surface area contributed by atoms with Gasteiger partial charge >= 0.3 is 5.97 Å². The number of carboxylic acid groups (broad SMARTS) is 1. The quantitative estimate of drug-likeness (QED) is 0.675. The maximum atomic E-state index is 10.6. The third-order valence-electron chi connectivity index (χ3n) is 2.09. The van der Waals surface area contributed by atoms with Crippen molar-refractivity contribution in [3.05, 3.63) is 0 Å². The first kappa shape index (κ1) is 9.45. The number of hydrogen-bond acceptors (Lipinski definition) is 2. The third kappa shape index (κ3) is 1.75. The van der Waals surface area contributed by atoms with E-state index in [-0.39, 0.29) is 6.04 Å². The van der Waals surface area contributed by atoms with Gasteiger partial charge < -0.3 is 10.0 Å². The summed E-state index contributed by atoms with van der Waals surface area (Å²) in [5.74, 6) is -0.750. The molecule has 12 heavy (non-hydrogen) atoms. The van der Waals surface area contributed by atoms with Crippen LogP contribution >= 0.6 is 12.2 Å². The molecule has 0 bridgehead atoms. The molecule has 0 amide bonds. The molecule has 0 spiro atoms. The SMILES string of the molecule is CCCC(=S)N1CCC1C(=O)O. The Bertz CT molecular complexity index is 205. The highest BCUT2D eigenvalue weighted by Gasteiger charge is 2.34. The van der Waals surface area contributed by atoms with Crippen molar-refractivity contribution in [1.29, 1.82) is 0 Å². The lowest BCUT2D eigenvalue weighted by atomic mass is 10.0. The summed E-state index contributed by atoms with van der Waals surface area (Å²) in [6.07, 6.45) is 2.56. The Morgan fingerprint density at radius 2 is 2.42 bits per heavy atom. The van der Waals surface area contributed by atoms with Gasteiger partial charge in [0.05, 0.1) is 4.99 Å². The van der Waals surface area contributed by atoms with Gasteiger partial charge in [-0.15, -0.1) is 0 Å². The Morgan fingerprint density at radius 3 is 2.75 bits per heavy atom. The van der Waals surface area contributed by atoms with Gasteiger partial charge in [-0.1, -0.05) is 19.1 Å². The Kier molecular flexibility index (Phi) is 3.03. The Balaban J connectivity index is 2.43. The summed E-state index contributed by atoms with van der Waals surface area (Å²) >= 11 is 5.09. The number of thiocarbonyl (C=S) groups is 1. The second kappa shape index (κ2) is 3.85. The van der Waals surface area contributed by atoms with E-state index in [2.05, 4.69) is 0 Å². The standard InChI is InChI=1S/C8H13NO2S/c1-2-3-7(12)9-5-4-6(9)8(10)11/h6H,2-5H2,1H3,(H,10,11). The van der Waals surface area contributed by atoms with E-state index < -0.39 is 5.97 Å². The van der Waals surface area contributed by atoms with Crippen LogP contribution in [0.15, 0.2) is 0 Å². The number of nitrogens with zero attached hydrogens (tertiary/aromatic N) is 1. The third-order valence-corrected chi connectivity index (χ3v) is 2.53. The van der Waals surface area contributed by atoms with Crippen LogP contribution in [0.1, 0.15) is 26.2 Å². The van der Waals surface area contributed by atoms with Crippen molar-refractivity contribution in [2.45, 2.75) is 32.2 Å². The Labute approximate surface area is 77.4 Å². The number of aliphatic carboxylic acids is 1. The molecule has 3 nitrogen and oxygen atoms in total. The lowest BCUT2D eigenvalue weighted by Gasteiger charge is -2.40. The average Bonchev–Trinajstić information content (AvgIpc) is 1.82. The van der Waals surface area contributed by atoms with Gasteiger partial charge in [0.1, 0.15) is 6.04 Å². The predicted molar refractivity (Wildman–Crippen MR) is 50.3 cm³/mol. The number of carboxylic acids is 1. The molecule has 1 fully saturated rings. The molecule has 68 valence electrons. The van der Waals surface area contributed by atoms with Gasteiger partial charge in [-0.05, 0) is 19.3 Å². The summed E-state index contributed by atoms with van der Waals surface area (Å²) in [5.41, 5.74) is 0. The van der Waals surface area contributed by atoms with Crippen LogP contribution in [-0.4, -0.2) is 33.6 Å². The van der Waals surface area contributed by atoms with E-state index in [1.807, 2.05) is 6.92 Å². The van der Waals surface area contributed by atoms with E-state index in [0.717, 1.165) is 30.8 Å². The van der Waals surface area contributed by atoms with Crippen molar-refractivity contribution < 1.29 is 9.90 Å². The molecule has 0 aromatic rings. The van der Waals surface area contributed by atoms with E-state index in [1.54, 1.807) is 4.90 Å². The number of carbonyl (C=O) groups is 1. The number of likely N-dealkylation sites (tertiary alicyclic amines) is 1. The molecule has 0 aromatic carbocycles. The summed E-state index contributed by atoms with van der Waals surface area (Å²) in [4.78, 5) is 13.2. The minimum Gasteiger partial charge on any atom is -0.480 e. The van der Waals surface area contributed by atoms with Crippen molar-refractivity contribution in [3.63, 3.8) is 0 Å². The number of rotatable bonds is 3. The maximum Gasteiger partial charge on any atom is 0.326 e. The van der Waals surface area contributed by atoms with E-state index in [1.165, 1.54) is 0 Å². The first-order valence-electron chi connectivity index (χ1n) is 4.19. The molecule has 0 aliphatic carbocycles. The zero-order valence-electron chi connectivity index (χ0n) is 7.12. The van der Waals surface area contributed by atoms with Crippen LogP contribution in [0, 0.1) is 0 Å². The lowest BCUT2D eigenvalue weighted by molar-refractivity contribution is -0.145. The lowest BCUT2D eigenvalue weighted by Crippen LogP contribution is -2.54. The zero-order valence-corrected chi connectivity index (χ0v) is 7.93. The smallest absolute Gasteiger partial charge is 0.326 e. The van der Waals surface area contributed by atoms with Crippen LogP contribution < -0.4 is 0 Å². The van der Waals surface area contributed by atoms with Crippen LogP contribution in [0.5, 0.6) is 0 Å². The largest absolute Gasteiger partial charge is 0.480 e. The Hall–Kier alpha value is -0.640. The van der Waals surface area contributed by atoms with E-state index in [0.29, 0.717) is 0 Å². The molecule has 1 N–H and O–H groups in total. The fourth-order valence-corrected chi connectivity index (χ4v) is 1.72. The van der Waals surface area contributed by atoms with Gasteiger partial charge in [0.25, 0.3) is 0 Å². The highest BCUT2D eigenvalue weighted by Crippen LogP contribution is 2.19. The average molecular weight is 187 g/mol. The van der Waals surface area contributed by atoms with Crippen LogP contribution in [0.4, 0.5) is 0 Å². The molecule has 1 heterocycles. The zero-order chi connectivity index (χ0) is 9.14. The van der Waals surface area contributed by atoms with Gasteiger partial charge in [-0.3, -0.25) is 0 Å². The topological polar surface area (TPSA) is 40.5 Å². The van der Waals surface area contributed by atoms with Crippen LogP contribution in [0.25, 0.3) is 0 Å². The summed E-state index contributed by atoms with van der Waals surface area (Å²) in [6.45, 7) is 2.86. The second-order valence-corrected chi connectivity index (χ2v) is 3.45. The monoisotopic (exact) mass is 187 g/mol. The first-order valence-corrected chi connectivity index (χ1v) is 4.60. The van der Waals surface area contributed by atoms with E-state index in [4.69, 9.17) is 17.3 Å². The fourth-order valence-electron chi connectivity index (χ4n) is 1.30. The molecule has 0 aromatic heterocycles. The van der Waals surface area contributed by atoms with Crippen molar-refractivity contribution in [3.8, 4) is 0 Å². The van der Waals surface area contributed by atoms with Crippen LogP contribution in [0.2, 0.25) is 0 Å². The first-order chi connectivity index (χ1) is 5.66. The van der Waals surface area contributed by atoms with Crippen molar-refractivity contribution in [2.24, 2.45) is 0 Å². The molecular formula is C8H13NO2S. The predicted octanol–water partition coefficient (Wildman–Crippen LogP) is 1.27. The normalized spacial score (nSPS) is 21.8. The van der Waals surface area contributed by atoms with Gasteiger partial charge in [0, 0.05) is 6.54 Å². The summed E-state index contributed by atoms with van der Waals surface area (Å²) < 4.78 is 0. The van der Waals surface area contributed by atoms with Crippen LogP contribution in [-0.2, 0) is 4.79 Å². The molecule has 1 rings (SSSR count). The molecule has 1 aliphatic rings. The minimum absolute atomic E-state index is 0.343. The van der Waals surface area contributed by atoms with Crippen molar-refractivity contribution in [2.75, 3.05) is 6.54 Å². The molecule has 1 aliphatic heterocycles. The molecule has 4 heteroatoms. The van der Waals surface area contributed by atoms with Gasteiger partial charge in [-0.25, -0.2) is 4.79 Å².